The summed E-state index contributed by atoms with van der Waals surface area (Å²) in [6.07, 6.45) is 3.27. The fraction of sp³-hybridized carbons (Fsp3) is 0.0312. The van der Waals surface area contributed by atoms with E-state index in [2.05, 4.69) is 10.6 Å². The first kappa shape index (κ1) is 27.8. The van der Waals surface area contributed by atoms with E-state index in [9.17, 15) is 14.0 Å². The smallest absolute Gasteiger partial charge is 0.268 e. The van der Waals surface area contributed by atoms with Gasteiger partial charge < -0.3 is 10.6 Å². The minimum Gasteiger partial charge on any atom is -0.347 e. The highest BCUT2D eigenvalue weighted by Gasteiger charge is 2.19. The van der Waals surface area contributed by atoms with Crippen molar-refractivity contribution in [1.82, 2.24) is 20.4 Å². The molecule has 9 heteroatoms. The zero-order valence-electron chi connectivity index (χ0n) is 21.5. The van der Waals surface area contributed by atoms with Crippen molar-refractivity contribution < 1.29 is 14.0 Å². The molecule has 0 bridgehead atoms. The largest absolute Gasteiger partial charge is 0.347 e. The molecular weight excluding hydrogens is 562 g/mol. The highest BCUT2D eigenvalue weighted by atomic mass is 35.5. The molecule has 0 aliphatic carbocycles. The summed E-state index contributed by atoms with van der Waals surface area (Å²) < 4.78 is 15.4. The van der Waals surface area contributed by atoms with Crippen molar-refractivity contribution in [1.29, 1.82) is 0 Å². The Morgan fingerprint density at radius 3 is 2.24 bits per heavy atom. The summed E-state index contributed by atoms with van der Waals surface area (Å²) in [5.74, 6) is -1.50. The van der Waals surface area contributed by atoms with Crippen LogP contribution in [0.15, 0.2) is 115 Å². The molecule has 0 radical (unpaired) electrons. The summed E-state index contributed by atoms with van der Waals surface area (Å²) in [7, 11) is 0. The Bertz CT molecular complexity index is 1720. The standard InChI is InChI=1S/C32H23Cl2FN4O2/c33-24-13-16-27(28(34)18-24)31(40)37-29(32(41)36-19-21-7-3-1-4-8-21)17-23-20-39(26-9-5-2-6-10-26)38-30(23)22-11-14-25(35)15-12-22/h1-18,20H,19H2,(H,36,41)(H,37,40)/b29-17-. The quantitative estimate of drug-likeness (QED) is 0.191. The lowest BCUT2D eigenvalue weighted by atomic mass is 10.1. The first-order valence-corrected chi connectivity index (χ1v) is 13.3. The van der Waals surface area contributed by atoms with Crippen molar-refractivity contribution in [3.8, 4) is 16.9 Å². The van der Waals surface area contributed by atoms with Gasteiger partial charge in [-0.15, -0.1) is 0 Å². The van der Waals surface area contributed by atoms with Crippen LogP contribution in [-0.2, 0) is 11.3 Å². The summed E-state index contributed by atoms with van der Waals surface area (Å²) >= 11 is 12.3. The molecule has 0 unspecified atom stereocenters. The number of carbonyl (C=O) groups is 2. The molecule has 2 N–H and O–H groups in total. The van der Waals surface area contributed by atoms with Crippen molar-refractivity contribution in [2.45, 2.75) is 6.54 Å². The van der Waals surface area contributed by atoms with E-state index in [1.807, 2.05) is 60.7 Å². The molecule has 6 nitrogen and oxygen atoms in total. The van der Waals surface area contributed by atoms with Crippen LogP contribution in [0.5, 0.6) is 0 Å². The Labute approximate surface area is 246 Å². The van der Waals surface area contributed by atoms with Crippen LogP contribution in [0.1, 0.15) is 21.5 Å². The molecular formula is C32H23Cl2FN4O2. The monoisotopic (exact) mass is 584 g/mol. The molecule has 204 valence electrons. The number of nitrogens with one attached hydrogen (secondary N) is 2. The second-order valence-corrected chi connectivity index (χ2v) is 9.87. The zero-order valence-corrected chi connectivity index (χ0v) is 23.0. The van der Waals surface area contributed by atoms with Crippen LogP contribution in [0.4, 0.5) is 4.39 Å². The SMILES string of the molecule is O=C(NCc1ccccc1)/C(=C/c1cn(-c2ccccc2)nc1-c1ccc(F)cc1)NC(=O)c1ccc(Cl)cc1Cl. The first-order chi connectivity index (χ1) is 19.9. The first-order valence-electron chi connectivity index (χ1n) is 12.6. The summed E-state index contributed by atoms with van der Waals surface area (Å²) in [6, 6.07) is 29.1. The molecule has 0 aliphatic heterocycles. The summed E-state index contributed by atoms with van der Waals surface area (Å²) in [4.78, 5) is 26.7. The molecule has 0 aliphatic rings. The van der Waals surface area contributed by atoms with Gasteiger partial charge in [0.2, 0.25) is 0 Å². The number of halogens is 3. The van der Waals surface area contributed by atoms with E-state index in [1.165, 1.54) is 36.4 Å². The number of nitrogens with zero attached hydrogens (tertiary/aromatic N) is 2. The van der Waals surface area contributed by atoms with Crippen molar-refractivity contribution in [2.75, 3.05) is 0 Å². The lowest BCUT2D eigenvalue weighted by Crippen LogP contribution is -2.34. The second kappa shape index (κ2) is 12.6. The molecule has 4 aromatic carbocycles. The van der Waals surface area contributed by atoms with E-state index in [4.69, 9.17) is 28.3 Å². The third-order valence-electron chi connectivity index (χ3n) is 6.15. The van der Waals surface area contributed by atoms with Crippen LogP contribution in [0.25, 0.3) is 23.0 Å². The van der Waals surface area contributed by atoms with E-state index < -0.39 is 11.8 Å². The third-order valence-corrected chi connectivity index (χ3v) is 6.69. The number of amides is 2. The number of rotatable bonds is 8. The van der Waals surface area contributed by atoms with Gasteiger partial charge in [0.15, 0.2) is 0 Å². The molecule has 5 aromatic rings. The normalized spacial score (nSPS) is 11.2. The number of aromatic nitrogens is 2. The zero-order chi connectivity index (χ0) is 28.8. The van der Waals surface area contributed by atoms with Gasteiger partial charge in [-0.1, -0.05) is 71.7 Å². The van der Waals surface area contributed by atoms with Gasteiger partial charge in [0, 0.05) is 28.9 Å². The molecule has 0 saturated heterocycles. The van der Waals surface area contributed by atoms with Crippen molar-refractivity contribution in [3.05, 3.63) is 148 Å². The molecule has 0 fully saturated rings. The number of benzene rings is 4. The van der Waals surface area contributed by atoms with Crippen LogP contribution >= 0.6 is 23.2 Å². The van der Waals surface area contributed by atoms with Gasteiger partial charge >= 0.3 is 0 Å². The number of hydrogen-bond donors (Lipinski definition) is 2. The van der Waals surface area contributed by atoms with Gasteiger partial charge in [0.1, 0.15) is 17.2 Å². The molecule has 0 saturated carbocycles. The molecule has 0 atom stereocenters. The Balaban J connectivity index is 1.56. The van der Waals surface area contributed by atoms with Crippen molar-refractivity contribution in [3.63, 3.8) is 0 Å². The van der Waals surface area contributed by atoms with Gasteiger partial charge in [-0.05, 0) is 66.2 Å². The molecule has 0 spiro atoms. The average molecular weight is 585 g/mol. The number of hydrogen-bond acceptors (Lipinski definition) is 3. The predicted molar refractivity (Wildman–Crippen MR) is 159 cm³/mol. The highest BCUT2D eigenvalue weighted by Crippen LogP contribution is 2.27. The maximum Gasteiger partial charge on any atom is 0.268 e. The summed E-state index contributed by atoms with van der Waals surface area (Å²) in [5, 5.41) is 10.8. The maximum absolute atomic E-state index is 13.7. The van der Waals surface area contributed by atoms with Gasteiger partial charge in [-0.3, -0.25) is 9.59 Å². The Morgan fingerprint density at radius 2 is 1.56 bits per heavy atom. The fourth-order valence-corrected chi connectivity index (χ4v) is 4.58. The Kier molecular flexibility index (Phi) is 8.58. The second-order valence-electron chi connectivity index (χ2n) is 9.02. The lowest BCUT2D eigenvalue weighted by molar-refractivity contribution is -0.117. The van der Waals surface area contributed by atoms with Gasteiger partial charge in [0.05, 0.1) is 16.3 Å². The average Bonchev–Trinajstić information content (AvgIpc) is 3.40. The topological polar surface area (TPSA) is 76.0 Å². The van der Waals surface area contributed by atoms with Crippen LogP contribution in [0.2, 0.25) is 10.0 Å². The highest BCUT2D eigenvalue weighted by molar-refractivity contribution is 6.36. The Hall–Kier alpha value is -4.72. The fourth-order valence-electron chi connectivity index (χ4n) is 4.09. The summed E-state index contributed by atoms with van der Waals surface area (Å²) in [5.41, 5.74) is 3.42. The van der Waals surface area contributed by atoms with Crippen LogP contribution in [-0.4, -0.2) is 21.6 Å². The minimum atomic E-state index is -0.591. The summed E-state index contributed by atoms with van der Waals surface area (Å²) in [6.45, 7) is 0.239. The van der Waals surface area contributed by atoms with Crippen molar-refractivity contribution >= 4 is 41.1 Å². The Morgan fingerprint density at radius 1 is 0.878 bits per heavy atom. The molecule has 41 heavy (non-hydrogen) atoms. The molecule has 5 rings (SSSR count). The molecule has 1 aromatic heterocycles. The van der Waals surface area contributed by atoms with Crippen LogP contribution < -0.4 is 10.6 Å². The van der Waals surface area contributed by atoms with Gasteiger partial charge in [-0.2, -0.15) is 5.10 Å². The van der Waals surface area contributed by atoms with E-state index in [1.54, 1.807) is 23.0 Å². The lowest BCUT2D eigenvalue weighted by Gasteiger charge is -2.12. The predicted octanol–water partition coefficient (Wildman–Crippen LogP) is 7.07. The third kappa shape index (κ3) is 6.90. The van der Waals surface area contributed by atoms with Crippen molar-refractivity contribution in [2.24, 2.45) is 0 Å². The molecule has 2 amide bonds. The minimum absolute atomic E-state index is 0.0343. The van der Waals surface area contributed by atoms with Gasteiger partial charge in [-0.25, -0.2) is 9.07 Å². The van der Waals surface area contributed by atoms with E-state index in [0.29, 0.717) is 21.8 Å². The van der Waals surface area contributed by atoms with Gasteiger partial charge in [0.25, 0.3) is 11.8 Å². The maximum atomic E-state index is 13.7. The van der Waals surface area contributed by atoms with Crippen LogP contribution in [0, 0.1) is 5.82 Å². The van der Waals surface area contributed by atoms with Crippen LogP contribution in [0.3, 0.4) is 0 Å². The molecule has 1 heterocycles. The van der Waals surface area contributed by atoms with E-state index in [-0.39, 0.29) is 28.6 Å². The number of carbonyl (C=O) groups excluding carboxylic acids is 2. The van der Waals surface area contributed by atoms with E-state index >= 15 is 0 Å². The number of para-hydroxylation sites is 1. The van der Waals surface area contributed by atoms with E-state index in [0.717, 1.165) is 11.3 Å².